The van der Waals surface area contributed by atoms with E-state index in [1.54, 1.807) is 27.7 Å². The fourth-order valence-corrected chi connectivity index (χ4v) is 2.61. The molecule has 1 amide bonds. The SMILES string of the molecule is CCOC(=O)C1=C(C)NC(C)=C(C(=O)OCC)C1C(=O)NCCC(=O)O. The number of carboxylic acids is 1. The minimum Gasteiger partial charge on any atom is -0.481 e. The Kier molecular flexibility index (Phi) is 7.82. The van der Waals surface area contributed by atoms with Crippen molar-refractivity contribution in [3.8, 4) is 0 Å². The van der Waals surface area contributed by atoms with Crippen LogP contribution in [0.3, 0.4) is 0 Å². The number of hydrogen-bond acceptors (Lipinski definition) is 7. The van der Waals surface area contributed by atoms with Gasteiger partial charge in [0.05, 0.1) is 30.8 Å². The molecular formula is C17H24N2O7. The highest BCUT2D eigenvalue weighted by molar-refractivity contribution is 6.06. The summed E-state index contributed by atoms with van der Waals surface area (Å²) in [5, 5.41) is 14.1. The van der Waals surface area contributed by atoms with Crippen molar-refractivity contribution in [3.63, 3.8) is 0 Å². The van der Waals surface area contributed by atoms with Crippen molar-refractivity contribution in [2.45, 2.75) is 34.1 Å². The Balaban J connectivity index is 3.28. The third-order valence-electron chi connectivity index (χ3n) is 3.65. The maximum atomic E-state index is 12.7. The molecule has 9 heteroatoms. The Morgan fingerprint density at radius 2 is 1.46 bits per heavy atom. The molecule has 0 spiro atoms. The van der Waals surface area contributed by atoms with E-state index in [-0.39, 0.29) is 37.3 Å². The molecule has 0 unspecified atom stereocenters. The number of carboxylic acid groups (broad SMARTS) is 1. The van der Waals surface area contributed by atoms with Crippen molar-refractivity contribution < 1.29 is 33.8 Å². The van der Waals surface area contributed by atoms with Crippen LogP contribution in [-0.2, 0) is 28.7 Å². The predicted octanol–water partition coefficient (Wildman–Crippen LogP) is 0.471. The van der Waals surface area contributed by atoms with Crippen LogP contribution < -0.4 is 10.6 Å². The number of esters is 2. The van der Waals surface area contributed by atoms with Gasteiger partial charge in [-0.3, -0.25) is 9.59 Å². The minimum absolute atomic E-state index is 0.00618. The van der Waals surface area contributed by atoms with Gasteiger partial charge in [0.1, 0.15) is 5.92 Å². The van der Waals surface area contributed by atoms with Crippen LogP contribution in [0.25, 0.3) is 0 Å². The molecule has 0 saturated carbocycles. The quantitative estimate of drug-likeness (QED) is 0.527. The summed E-state index contributed by atoms with van der Waals surface area (Å²) >= 11 is 0. The van der Waals surface area contributed by atoms with Crippen molar-refractivity contribution in [1.29, 1.82) is 0 Å². The zero-order chi connectivity index (χ0) is 19.9. The van der Waals surface area contributed by atoms with E-state index in [0.29, 0.717) is 11.4 Å². The van der Waals surface area contributed by atoms with Crippen molar-refractivity contribution >= 4 is 23.8 Å². The number of nitrogens with one attached hydrogen (secondary N) is 2. The molecule has 0 radical (unpaired) electrons. The normalized spacial score (nSPS) is 14.6. The van der Waals surface area contributed by atoms with Gasteiger partial charge in [-0.1, -0.05) is 0 Å². The first-order chi connectivity index (χ1) is 12.2. The van der Waals surface area contributed by atoms with Crippen LogP contribution in [0.4, 0.5) is 0 Å². The number of amides is 1. The third kappa shape index (κ3) is 5.08. The van der Waals surface area contributed by atoms with E-state index in [2.05, 4.69) is 10.6 Å². The van der Waals surface area contributed by atoms with E-state index in [0.717, 1.165) is 0 Å². The molecule has 0 fully saturated rings. The molecule has 1 rings (SSSR count). The van der Waals surface area contributed by atoms with Crippen LogP contribution in [0.15, 0.2) is 22.5 Å². The second-order valence-electron chi connectivity index (χ2n) is 5.51. The maximum Gasteiger partial charge on any atom is 0.336 e. The summed E-state index contributed by atoms with van der Waals surface area (Å²) in [6.45, 7) is 6.49. The topological polar surface area (TPSA) is 131 Å². The fraction of sp³-hybridized carbons (Fsp3) is 0.529. The zero-order valence-corrected chi connectivity index (χ0v) is 15.3. The number of carbonyl (C=O) groups is 4. The Morgan fingerprint density at radius 3 is 1.85 bits per heavy atom. The van der Waals surface area contributed by atoms with E-state index in [9.17, 15) is 19.2 Å². The van der Waals surface area contributed by atoms with Crippen LogP contribution >= 0.6 is 0 Å². The lowest BCUT2D eigenvalue weighted by molar-refractivity contribution is -0.143. The second kappa shape index (κ2) is 9.59. The summed E-state index contributed by atoms with van der Waals surface area (Å²) in [6, 6.07) is 0. The van der Waals surface area contributed by atoms with E-state index >= 15 is 0 Å². The first kappa shape index (κ1) is 21.2. The lowest BCUT2D eigenvalue weighted by Gasteiger charge is -2.29. The molecule has 1 heterocycles. The number of hydrogen-bond donors (Lipinski definition) is 3. The van der Waals surface area contributed by atoms with Gasteiger partial charge < -0.3 is 25.2 Å². The Labute approximate surface area is 151 Å². The molecule has 0 saturated heterocycles. The Bertz CT molecular complexity index is 624. The summed E-state index contributed by atoms with van der Waals surface area (Å²) in [7, 11) is 0. The molecule has 0 aromatic heterocycles. The monoisotopic (exact) mass is 368 g/mol. The van der Waals surface area contributed by atoms with E-state index in [1.807, 2.05) is 0 Å². The van der Waals surface area contributed by atoms with Gasteiger partial charge in [-0.15, -0.1) is 0 Å². The van der Waals surface area contributed by atoms with Gasteiger partial charge in [0.25, 0.3) is 0 Å². The molecule has 3 N–H and O–H groups in total. The lowest BCUT2D eigenvalue weighted by Crippen LogP contribution is -2.42. The number of allylic oxidation sites excluding steroid dienone is 2. The molecule has 9 nitrogen and oxygen atoms in total. The molecule has 26 heavy (non-hydrogen) atoms. The van der Waals surface area contributed by atoms with Crippen LogP contribution in [0.1, 0.15) is 34.1 Å². The van der Waals surface area contributed by atoms with E-state index < -0.39 is 29.7 Å². The molecule has 1 aliphatic rings. The minimum atomic E-state index is -1.25. The highest BCUT2D eigenvalue weighted by Gasteiger charge is 2.41. The van der Waals surface area contributed by atoms with Crippen LogP contribution in [-0.4, -0.2) is 48.7 Å². The molecule has 0 bridgehead atoms. The summed E-state index contributed by atoms with van der Waals surface area (Å²) in [6.07, 6.45) is -0.286. The zero-order valence-electron chi connectivity index (χ0n) is 15.3. The third-order valence-corrected chi connectivity index (χ3v) is 3.65. The average molecular weight is 368 g/mol. The molecule has 0 aromatic rings. The fourth-order valence-electron chi connectivity index (χ4n) is 2.61. The number of aliphatic carboxylic acids is 1. The molecular weight excluding hydrogens is 344 g/mol. The standard InChI is InChI=1S/C17H24N2O7/c1-5-25-16(23)12-9(3)19-10(4)13(17(24)26-6-2)14(12)15(22)18-8-7-11(20)21/h14,19H,5-8H2,1-4H3,(H,18,22)(H,20,21). The summed E-state index contributed by atoms with van der Waals surface area (Å²) in [4.78, 5) is 48.1. The van der Waals surface area contributed by atoms with E-state index in [1.165, 1.54) is 0 Å². The smallest absolute Gasteiger partial charge is 0.336 e. The van der Waals surface area contributed by atoms with Crippen molar-refractivity contribution in [2.24, 2.45) is 5.92 Å². The first-order valence-corrected chi connectivity index (χ1v) is 8.26. The Hall–Kier alpha value is -2.84. The Morgan fingerprint density at radius 1 is 1.00 bits per heavy atom. The molecule has 0 atom stereocenters. The van der Waals surface area contributed by atoms with Crippen LogP contribution in [0.2, 0.25) is 0 Å². The van der Waals surface area contributed by atoms with Crippen molar-refractivity contribution in [1.82, 2.24) is 10.6 Å². The number of carbonyl (C=O) groups excluding carboxylic acids is 3. The van der Waals surface area contributed by atoms with E-state index in [4.69, 9.17) is 14.6 Å². The molecule has 144 valence electrons. The van der Waals surface area contributed by atoms with Crippen LogP contribution in [0, 0.1) is 5.92 Å². The summed E-state index contributed by atoms with van der Waals surface area (Å²) < 4.78 is 10.0. The summed E-state index contributed by atoms with van der Waals surface area (Å²) in [5.41, 5.74) is 0.751. The van der Waals surface area contributed by atoms with Crippen molar-refractivity contribution in [2.75, 3.05) is 19.8 Å². The van der Waals surface area contributed by atoms with Gasteiger partial charge >= 0.3 is 17.9 Å². The summed E-state index contributed by atoms with van der Waals surface area (Å²) in [5.74, 6) is -4.46. The van der Waals surface area contributed by atoms with Gasteiger partial charge in [-0.2, -0.15) is 0 Å². The largest absolute Gasteiger partial charge is 0.481 e. The number of rotatable bonds is 8. The van der Waals surface area contributed by atoms with Gasteiger partial charge in [0, 0.05) is 17.9 Å². The lowest BCUT2D eigenvalue weighted by atomic mass is 9.84. The maximum absolute atomic E-state index is 12.7. The highest BCUT2D eigenvalue weighted by atomic mass is 16.5. The molecule has 1 aliphatic heterocycles. The molecule has 0 aliphatic carbocycles. The van der Waals surface area contributed by atoms with Crippen LogP contribution in [0.5, 0.6) is 0 Å². The predicted molar refractivity (Wildman–Crippen MR) is 90.6 cm³/mol. The molecule has 0 aromatic carbocycles. The average Bonchev–Trinajstić information content (AvgIpc) is 2.53. The van der Waals surface area contributed by atoms with Gasteiger partial charge in [-0.05, 0) is 27.7 Å². The van der Waals surface area contributed by atoms with Crippen molar-refractivity contribution in [3.05, 3.63) is 22.5 Å². The highest BCUT2D eigenvalue weighted by Crippen LogP contribution is 2.31. The number of ether oxygens (including phenoxy) is 2. The van der Waals surface area contributed by atoms with Gasteiger partial charge in [0.15, 0.2) is 0 Å². The number of dihydropyridines is 1. The van der Waals surface area contributed by atoms with Gasteiger partial charge in [0.2, 0.25) is 5.91 Å². The first-order valence-electron chi connectivity index (χ1n) is 8.26. The second-order valence-corrected chi connectivity index (χ2v) is 5.51. The van der Waals surface area contributed by atoms with Gasteiger partial charge in [-0.25, -0.2) is 9.59 Å².